The van der Waals surface area contributed by atoms with Crippen LogP contribution in [0, 0.1) is 11.3 Å². The summed E-state index contributed by atoms with van der Waals surface area (Å²) in [5, 5.41) is 19.0. The lowest BCUT2D eigenvalue weighted by Gasteiger charge is -2.22. The topological polar surface area (TPSA) is 70.9 Å². The predicted octanol–water partition coefficient (Wildman–Crippen LogP) is 4.84. The van der Waals surface area contributed by atoms with Crippen LogP contribution in [0.4, 0.5) is 0 Å². The third kappa shape index (κ3) is 2.64. The van der Waals surface area contributed by atoms with E-state index in [0.717, 1.165) is 31.9 Å². The van der Waals surface area contributed by atoms with Gasteiger partial charge in [0, 0.05) is 0 Å². The molecule has 25 heavy (non-hydrogen) atoms. The Kier molecular flexibility index (Phi) is 4.07. The van der Waals surface area contributed by atoms with E-state index in [9.17, 15) is 5.26 Å². The van der Waals surface area contributed by atoms with E-state index in [2.05, 4.69) is 32.2 Å². The van der Waals surface area contributed by atoms with Gasteiger partial charge in [-0.3, -0.25) is 5.10 Å². The molecule has 1 N–H and O–H groups in total. The summed E-state index contributed by atoms with van der Waals surface area (Å²) in [6, 6.07) is 12.1. The lowest BCUT2D eigenvalue weighted by Crippen LogP contribution is -2.11. The maximum absolute atomic E-state index is 9.61. The number of thiophene rings is 1. The average Bonchev–Trinajstić information content (AvgIpc) is 3.29. The molecule has 3 heterocycles. The average molecular weight is 414 g/mol. The van der Waals surface area contributed by atoms with Crippen LogP contribution in [0.1, 0.15) is 17.0 Å². The van der Waals surface area contributed by atoms with E-state index in [1.807, 2.05) is 35.7 Å². The zero-order valence-electron chi connectivity index (χ0n) is 13.1. The van der Waals surface area contributed by atoms with Gasteiger partial charge in [0.25, 0.3) is 0 Å². The molecule has 1 aromatic carbocycles. The second-order valence-electron chi connectivity index (χ2n) is 5.42. The number of rotatable bonds is 3. The Labute approximate surface area is 156 Å². The van der Waals surface area contributed by atoms with Crippen molar-refractivity contribution in [3.8, 4) is 28.3 Å². The van der Waals surface area contributed by atoms with Gasteiger partial charge in [-0.2, -0.15) is 5.26 Å². The lowest BCUT2D eigenvalue weighted by molar-refractivity contribution is 0.411. The molecule has 0 spiro atoms. The summed E-state index contributed by atoms with van der Waals surface area (Å²) in [4.78, 5) is 1.05. The Hall–Kier alpha value is -2.56. The number of benzene rings is 1. The molecule has 2 aromatic heterocycles. The SMILES string of the molecule is COc1ccc(C2C(C#N)=COc3n[nH]c(-c4cccs4)c32)cc1Br. The smallest absolute Gasteiger partial charge is 0.242 e. The van der Waals surface area contributed by atoms with Crippen LogP contribution in [-0.4, -0.2) is 17.3 Å². The summed E-state index contributed by atoms with van der Waals surface area (Å²) in [7, 11) is 1.62. The van der Waals surface area contributed by atoms with Gasteiger partial charge in [0.05, 0.1) is 45.3 Å². The molecule has 0 radical (unpaired) electrons. The first kappa shape index (κ1) is 15.9. The molecular weight excluding hydrogens is 402 g/mol. The molecule has 124 valence electrons. The molecule has 0 fully saturated rings. The minimum absolute atomic E-state index is 0.258. The monoisotopic (exact) mass is 413 g/mol. The van der Waals surface area contributed by atoms with E-state index in [-0.39, 0.29) is 5.92 Å². The van der Waals surface area contributed by atoms with Gasteiger partial charge in [0.1, 0.15) is 12.0 Å². The number of H-pyrrole nitrogens is 1. The fraction of sp³-hybridized carbons (Fsp3) is 0.111. The van der Waals surface area contributed by atoms with Crippen molar-refractivity contribution in [3.05, 3.63) is 63.1 Å². The number of hydrogen-bond acceptors (Lipinski definition) is 5. The van der Waals surface area contributed by atoms with Gasteiger partial charge < -0.3 is 9.47 Å². The molecule has 0 bridgehead atoms. The molecule has 0 saturated heterocycles. The first-order chi connectivity index (χ1) is 12.2. The first-order valence-corrected chi connectivity index (χ1v) is 9.12. The fourth-order valence-electron chi connectivity index (χ4n) is 2.94. The van der Waals surface area contributed by atoms with E-state index >= 15 is 0 Å². The van der Waals surface area contributed by atoms with Gasteiger partial charge >= 0.3 is 0 Å². The van der Waals surface area contributed by atoms with Crippen LogP contribution >= 0.6 is 27.3 Å². The number of halogens is 1. The molecule has 0 saturated carbocycles. The van der Waals surface area contributed by atoms with Gasteiger partial charge in [-0.05, 0) is 45.1 Å². The van der Waals surface area contributed by atoms with E-state index in [1.54, 1.807) is 18.4 Å². The number of aromatic nitrogens is 2. The minimum atomic E-state index is -0.258. The van der Waals surface area contributed by atoms with E-state index in [1.165, 1.54) is 6.26 Å². The molecular formula is C18H12BrN3O2S. The van der Waals surface area contributed by atoms with Gasteiger partial charge in [0.2, 0.25) is 5.88 Å². The van der Waals surface area contributed by atoms with Gasteiger partial charge in [0.15, 0.2) is 0 Å². The number of fused-ring (bicyclic) bond motifs is 1. The van der Waals surface area contributed by atoms with Crippen LogP contribution in [0.15, 0.2) is 52.0 Å². The summed E-state index contributed by atoms with van der Waals surface area (Å²) in [6.07, 6.45) is 1.48. The minimum Gasteiger partial charge on any atom is -0.496 e. The van der Waals surface area contributed by atoms with Crippen molar-refractivity contribution in [1.29, 1.82) is 5.26 Å². The number of hydrogen-bond donors (Lipinski definition) is 1. The summed E-state index contributed by atoms with van der Waals surface area (Å²) in [5.74, 6) is 0.982. The Morgan fingerprint density at radius 1 is 1.40 bits per heavy atom. The number of nitriles is 1. The highest BCUT2D eigenvalue weighted by atomic mass is 79.9. The lowest BCUT2D eigenvalue weighted by atomic mass is 9.84. The predicted molar refractivity (Wildman–Crippen MR) is 98.8 cm³/mol. The molecule has 1 aliphatic heterocycles. The largest absolute Gasteiger partial charge is 0.496 e. The first-order valence-electron chi connectivity index (χ1n) is 7.45. The van der Waals surface area contributed by atoms with E-state index in [0.29, 0.717) is 11.5 Å². The van der Waals surface area contributed by atoms with Crippen LogP contribution < -0.4 is 9.47 Å². The molecule has 4 rings (SSSR count). The Morgan fingerprint density at radius 2 is 2.28 bits per heavy atom. The van der Waals surface area contributed by atoms with E-state index in [4.69, 9.17) is 9.47 Å². The molecule has 1 unspecified atom stereocenters. The standard InChI is InChI=1S/C18H12BrN3O2S/c1-23-13-5-4-10(7-12(13)19)15-11(8-20)9-24-18-16(15)17(21-22-18)14-3-2-6-25-14/h2-7,9,15H,1H3,(H,21,22). The van der Waals surface area contributed by atoms with Crippen molar-refractivity contribution >= 4 is 27.3 Å². The second kappa shape index (κ2) is 6.39. The maximum Gasteiger partial charge on any atom is 0.242 e. The molecule has 0 aliphatic carbocycles. The van der Waals surface area contributed by atoms with Crippen LogP contribution in [0.5, 0.6) is 11.6 Å². The van der Waals surface area contributed by atoms with Crippen LogP contribution in [0.2, 0.25) is 0 Å². The van der Waals surface area contributed by atoms with Crippen LogP contribution in [0.25, 0.3) is 10.6 Å². The Bertz CT molecular complexity index is 1000. The highest BCUT2D eigenvalue weighted by molar-refractivity contribution is 9.10. The number of ether oxygens (including phenoxy) is 2. The quantitative estimate of drug-likeness (QED) is 0.666. The van der Waals surface area contributed by atoms with Crippen molar-refractivity contribution < 1.29 is 9.47 Å². The summed E-state index contributed by atoms with van der Waals surface area (Å²) in [6.45, 7) is 0. The zero-order valence-corrected chi connectivity index (χ0v) is 15.5. The Morgan fingerprint density at radius 3 is 2.96 bits per heavy atom. The van der Waals surface area contributed by atoms with Gasteiger partial charge in [-0.25, -0.2) is 0 Å². The molecule has 1 atom stereocenters. The van der Waals surface area contributed by atoms with Crippen molar-refractivity contribution in [1.82, 2.24) is 10.2 Å². The Balaban J connectivity index is 1.90. The van der Waals surface area contributed by atoms with Crippen LogP contribution in [-0.2, 0) is 0 Å². The van der Waals surface area contributed by atoms with Crippen LogP contribution in [0.3, 0.4) is 0 Å². The van der Waals surface area contributed by atoms with Crippen molar-refractivity contribution in [2.45, 2.75) is 5.92 Å². The molecule has 0 amide bonds. The number of nitrogens with one attached hydrogen (secondary N) is 1. The molecule has 3 aromatic rings. The van der Waals surface area contributed by atoms with Crippen molar-refractivity contribution in [2.75, 3.05) is 7.11 Å². The normalized spacial score (nSPS) is 15.7. The number of aromatic amines is 1. The number of allylic oxidation sites excluding steroid dienone is 1. The second-order valence-corrected chi connectivity index (χ2v) is 7.23. The summed E-state index contributed by atoms with van der Waals surface area (Å²) < 4.78 is 11.7. The maximum atomic E-state index is 9.61. The van der Waals surface area contributed by atoms with Crippen molar-refractivity contribution in [2.24, 2.45) is 0 Å². The molecule has 7 heteroatoms. The fourth-order valence-corrected chi connectivity index (χ4v) is 4.24. The van der Waals surface area contributed by atoms with Crippen molar-refractivity contribution in [3.63, 3.8) is 0 Å². The third-order valence-electron chi connectivity index (χ3n) is 4.07. The number of methoxy groups -OCH3 is 1. The van der Waals surface area contributed by atoms with E-state index < -0.39 is 0 Å². The van der Waals surface area contributed by atoms with Gasteiger partial charge in [-0.1, -0.05) is 12.1 Å². The summed E-state index contributed by atoms with van der Waals surface area (Å²) >= 11 is 5.13. The highest BCUT2D eigenvalue weighted by Crippen LogP contribution is 2.46. The molecule has 1 aliphatic rings. The molecule has 5 nitrogen and oxygen atoms in total. The highest BCUT2D eigenvalue weighted by Gasteiger charge is 2.33. The van der Waals surface area contributed by atoms with Gasteiger partial charge in [-0.15, -0.1) is 16.4 Å². The third-order valence-corrected chi connectivity index (χ3v) is 5.58. The summed E-state index contributed by atoms with van der Waals surface area (Å²) in [5.41, 5.74) is 3.24. The zero-order chi connectivity index (χ0) is 17.4. The number of nitrogens with zero attached hydrogens (tertiary/aromatic N) is 2.